The smallest absolute Gasteiger partial charge is 0.272 e. The Bertz CT molecular complexity index is 1060. The molecule has 3 N–H and O–H groups in total. The number of halogens is 1. The van der Waals surface area contributed by atoms with E-state index in [1.807, 2.05) is 0 Å². The molecule has 1 aliphatic rings. The molecule has 0 aromatic heterocycles. The molecule has 2 aromatic rings. The first kappa shape index (κ1) is 19.6. The minimum Gasteiger partial charge on any atom is -0.504 e. The number of sulfonamides is 1. The third-order valence-electron chi connectivity index (χ3n) is 4.22. The Hall–Kier alpha value is -2.14. The van der Waals surface area contributed by atoms with E-state index < -0.39 is 37.6 Å². The molecule has 1 aliphatic heterocycles. The van der Waals surface area contributed by atoms with Crippen LogP contribution in [0, 0.1) is 0 Å². The van der Waals surface area contributed by atoms with E-state index in [2.05, 4.69) is 5.32 Å². The number of aliphatic hydroxyl groups is 1. The predicted octanol–water partition coefficient (Wildman–Crippen LogP) is 0.539. The van der Waals surface area contributed by atoms with Crippen LogP contribution in [0.15, 0.2) is 26.6 Å². The third kappa shape index (κ3) is 3.29. The number of phenols is 1. The summed E-state index contributed by atoms with van der Waals surface area (Å²) in [5, 5.41) is 22.4. The molecule has 1 atom stereocenters. The highest BCUT2D eigenvalue weighted by Crippen LogP contribution is 2.40. The summed E-state index contributed by atoms with van der Waals surface area (Å²) >= 11 is 6.00. The maximum atomic E-state index is 12.8. The first-order valence-corrected chi connectivity index (χ1v) is 9.93. The van der Waals surface area contributed by atoms with Crippen molar-refractivity contribution in [2.45, 2.75) is 24.3 Å². The van der Waals surface area contributed by atoms with Crippen molar-refractivity contribution in [1.29, 1.82) is 0 Å². The first-order valence-electron chi connectivity index (χ1n) is 8.11. The predicted molar refractivity (Wildman–Crippen MR) is 98.3 cm³/mol. The molecule has 11 heteroatoms. The quantitative estimate of drug-likeness (QED) is 0.459. The van der Waals surface area contributed by atoms with Gasteiger partial charge in [0.05, 0.1) is 23.4 Å². The summed E-state index contributed by atoms with van der Waals surface area (Å²) in [7, 11) is -4.18. The third-order valence-corrected chi connectivity index (χ3v) is 6.59. The molecule has 2 aromatic carbocycles. The number of nitrogens with zero attached hydrogens (tertiary/aromatic N) is 1. The fraction of sp³-hybridized carbons (Fsp3) is 0.375. The maximum absolute atomic E-state index is 12.8. The molecule has 1 saturated heterocycles. The number of aromatic hydroxyl groups is 1. The lowest BCUT2D eigenvalue weighted by atomic mass is 10.2. The van der Waals surface area contributed by atoms with E-state index in [0.29, 0.717) is 0 Å². The van der Waals surface area contributed by atoms with Crippen molar-refractivity contribution >= 4 is 33.0 Å². The molecule has 0 bridgehead atoms. The minimum absolute atomic E-state index is 0.0869. The van der Waals surface area contributed by atoms with Crippen LogP contribution in [-0.2, 0) is 10.0 Å². The summed E-state index contributed by atoms with van der Waals surface area (Å²) in [6, 6.07) is 2.52. The number of nitrogens with one attached hydrogen (secondary N) is 1. The molecule has 0 unspecified atom stereocenters. The van der Waals surface area contributed by atoms with Gasteiger partial charge in [0.25, 0.3) is 10.9 Å². The number of phenolic OH excluding ortho intramolecular Hbond substituents is 1. The lowest BCUT2D eigenvalue weighted by Crippen LogP contribution is -2.35. The Morgan fingerprint density at radius 3 is 2.63 bits per heavy atom. The highest BCUT2D eigenvalue weighted by molar-refractivity contribution is 7.89. The van der Waals surface area contributed by atoms with E-state index in [9.17, 15) is 28.2 Å². The summed E-state index contributed by atoms with van der Waals surface area (Å²) in [5.41, 5.74) is -1.92. The van der Waals surface area contributed by atoms with E-state index in [1.165, 1.54) is 12.1 Å². The Morgan fingerprint density at radius 1 is 1.33 bits per heavy atom. The molecule has 1 heterocycles. The SMILES string of the molecule is CCOc1c(Nc2ccc(Cl)c(S(=O)(=O)N3CC[C@H](O)C3)c2O)c(=O)c1=O. The van der Waals surface area contributed by atoms with Crippen molar-refractivity contribution in [3.63, 3.8) is 0 Å². The first-order chi connectivity index (χ1) is 12.7. The highest BCUT2D eigenvalue weighted by Gasteiger charge is 2.36. The molecule has 0 saturated carbocycles. The van der Waals surface area contributed by atoms with Gasteiger partial charge in [-0.1, -0.05) is 11.6 Å². The van der Waals surface area contributed by atoms with E-state index in [4.69, 9.17) is 16.3 Å². The van der Waals surface area contributed by atoms with Gasteiger partial charge < -0.3 is 20.3 Å². The lowest BCUT2D eigenvalue weighted by molar-refractivity contribution is 0.189. The summed E-state index contributed by atoms with van der Waals surface area (Å²) in [4.78, 5) is 22.7. The second kappa shape index (κ2) is 7.12. The number of rotatable bonds is 6. The summed E-state index contributed by atoms with van der Waals surface area (Å²) in [6.07, 6.45) is -0.518. The number of anilines is 2. The van der Waals surface area contributed by atoms with E-state index in [0.717, 1.165) is 4.31 Å². The number of aliphatic hydroxyl groups excluding tert-OH is 1. The molecule has 146 valence electrons. The molecule has 0 amide bonds. The van der Waals surface area contributed by atoms with Crippen molar-refractivity contribution in [3.05, 3.63) is 37.6 Å². The van der Waals surface area contributed by atoms with Gasteiger partial charge >= 0.3 is 0 Å². The Kier molecular flexibility index (Phi) is 5.17. The van der Waals surface area contributed by atoms with Crippen molar-refractivity contribution in [2.75, 3.05) is 25.0 Å². The van der Waals surface area contributed by atoms with Crippen molar-refractivity contribution in [2.24, 2.45) is 0 Å². The van der Waals surface area contributed by atoms with Crippen LogP contribution in [0.1, 0.15) is 13.3 Å². The maximum Gasteiger partial charge on any atom is 0.272 e. The average molecular weight is 417 g/mol. The lowest BCUT2D eigenvalue weighted by Gasteiger charge is -2.20. The zero-order valence-corrected chi connectivity index (χ0v) is 15.8. The summed E-state index contributed by atoms with van der Waals surface area (Å²) < 4.78 is 31.7. The van der Waals surface area contributed by atoms with Gasteiger partial charge in [0, 0.05) is 13.1 Å². The van der Waals surface area contributed by atoms with Gasteiger partial charge in [-0.2, -0.15) is 4.31 Å². The monoisotopic (exact) mass is 416 g/mol. The van der Waals surface area contributed by atoms with Gasteiger partial charge in [-0.05, 0) is 25.5 Å². The number of hydrogen-bond acceptors (Lipinski definition) is 8. The molecular formula is C16H17ClN2O7S. The van der Waals surface area contributed by atoms with Crippen LogP contribution in [0.4, 0.5) is 11.4 Å². The fourth-order valence-corrected chi connectivity index (χ4v) is 4.94. The van der Waals surface area contributed by atoms with Gasteiger partial charge in [-0.25, -0.2) is 8.42 Å². The van der Waals surface area contributed by atoms with Gasteiger partial charge in [-0.3, -0.25) is 9.59 Å². The van der Waals surface area contributed by atoms with Crippen LogP contribution in [0.2, 0.25) is 5.02 Å². The van der Waals surface area contributed by atoms with Crippen LogP contribution in [0.5, 0.6) is 11.5 Å². The Balaban J connectivity index is 2.01. The van der Waals surface area contributed by atoms with Crippen LogP contribution >= 0.6 is 11.6 Å². The highest BCUT2D eigenvalue weighted by atomic mass is 35.5. The minimum atomic E-state index is -4.18. The normalized spacial score (nSPS) is 18.1. The molecule has 0 spiro atoms. The number of β-amino-alcohol motifs (C(OH)–C–C–N with tert-alkyl or cyclic N) is 1. The fourth-order valence-electron chi connectivity index (χ4n) is 2.85. The molecule has 9 nitrogen and oxygen atoms in total. The largest absolute Gasteiger partial charge is 0.504 e. The molecule has 3 rings (SSSR count). The van der Waals surface area contributed by atoms with Crippen molar-refractivity contribution < 1.29 is 23.4 Å². The Labute approximate surface area is 159 Å². The molecule has 1 fully saturated rings. The molecule has 27 heavy (non-hydrogen) atoms. The van der Waals surface area contributed by atoms with Gasteiger partial charge in [-0.15, -0.1) is 0 Å². The standard InChI is InChI=1S/C16H17ClN2O7S/c1-2-26-15-11(13(22)14(15)23)18-10-4-3-9(17)16(12(10)21)27(24,25)19-6-5-8(20)7-19/h3-4,8,18,20-21H,2,5-7H2,1H3/t8-/m0/s1. The van der Waals surface area contributed by atoms with Crippen LogP contribution in [0.25, 0.3) is 0 Å². The van der Waals surface area contributed by atoms with Gasteiger partial charge in [0.2, 0.25) is 10.0 Å². The van der Waals surface area contributed by atoms with Crippen molar-refractivity contribution in [1.82, 2.24) is 4.31 Å². The van der Waals surface area contributed by atoms with E-state index >= 15 is 0 Å². The zero-order valence-electron chi connectivity index (χ0n) is 14.2. The Morgan fingerprint density at radius 2 is 2.04 bits per heavy atom. The van der Waals surface area contributed by atoms with Crippen molar-refractivity contribution in [3.8, 4) is 11.5 Å². The second-order valence-corrected chi connectivity index (χ2v) is 8.28. The summed E-state index contributed by atoms with van der Waals surface area (Å²) in [6.45, 7) is 1.77. The van der Waals surface area contributed by atoms with Crippen LogP contribution < -0.4 is 20.9 Å². The van der Waals surface area contributed by atoms with Crippen LogP contribution in [0.3, 0.4) is 0 Å². The zero-order chi connectivity index (χ0) is 19.9. The summed E-state index contributed by atoms with van der Waals surface area (Å²) in [5.74, 6) is -0.872. The van der Waals surface area contributed by atoms with E-state index in [-0.39, 0.29) is 48.3 Å². The average Bonchev–Trinajstić information content (AvgIpc) is 3.06. The number of hydrogen-bond donors (Lipinski definition) is 3. The number of benzene rings is 1. The van der Waals surface area contributed by atoms with Crippen LogP contribution in [-0.4, -0.2) is 48.7 Å². The molecule has 0 radical (unpaired) electrons. The second-order valence-electron chi connectivity index (χ2n) is 6.00. The molecule has 0 aliphatic carbocycles. The van der Waals surface area contributed by atoms with Gasteiger partial charge in [0.1, 0.15) is 10.6 Å². The van der Waals surface area contributed by atoms with Gasteiger partial charge in [0.15, 0.2) is 11.5 Å². The topological polar surface area (TPSA) is 133 Å². The number of ether oxygens (including phenoxy) is 1. The van der Waals surface area contributed by atoms with E-state index in [1.54, 1.807) is 6.92 Å². The molecular weight excluding hydrogens is 400 g/mol.